The summed E-state index contributed by atoms with van der Waals surface area (Å²) in [6, 6.07) is 0. The molecule has 9 heavy (non-hydrogen) atoms. The first-order valence-corrected chi connectivity index (χ1v) is 2.65. The van der Waals surface area contributed by atoms with Crippen LogP contribution in [0, 0.1) is 12.3 Å². The third-order valence-corrected chi connectivity index (χ3v) is 0.825. The number of hydrogen-bond acceptors (Lipinski definition) is 2. The number of aliphatic hydroxyl groups excluding tert-OH is 2. The summed E-state index contributed by atoms with van der Waals surface area (Å²) < 4.78 is 0. The van der Waals surface area contributed by atoms with Gasteiger partial charge in [-0.3, -0.25) is 0 Å². The van der Waals surface area contributed by atoms with Crippen LogP contribution >= 0.6 is 0 Å². The lowest BCUT2D eigenvalue weighted by Crippen LogP contribution is -2.05. The van der Waals surface area contributed by atoms with E-state index in [2.05, 4.69) is 12.5 Å². The maximum absolute atomic E-state index is 8.86. The first-order valence-electron chi connectivity index (χ1n) is 2.65. The van der Waals surface area contributed by atoms with Gasteiger partial charge >= 0.3 is 0 Å². The van der Waals surface area contributed by atoms with Crippen molar-refractivity contribution in [3.63, 3.8) is 0 Å². The third kappa shape index (κ3) is 4.92. The lowest BCUT2D eigenvalue weighted by atomic mass is 10.2. The SMILES string of the molecule is C#CCC(O)CC(=C)O. The Balaban J connectivity index is 3.40. The quantitative estimate of drug-likeness (QED) is 0.434. The maximum Gasteiger partial charge on any atom is 0.0877 e. The molecule has 0 aromatic heterocycles. The molecule has 2 heteroatoms. The molecule has 0 aliphatic carbocycles. The van der Waals surface area contributed by atoms with Crippen LogP contribution in [0.1, 0.15) is 12.8 Å². The molecule has 1 unspecified atom stereocenters. The van der Waals surface area contributed by atoms with Crippen LogP contribution in [0.5, 0.6) is 0 Å². The smallest absolute Gasteiger partial charge is 0.0877 e. The standard InChI is InChI=1S/C7H10O2/c1-3-4-7(9)5-6(2)8/h1,7-9H,2,4-5H2. The fourth-order valence-electron chi connectivity index (χ4n) is 0.480. The number of terminal acetylenes is 1. The minimum Gasteiger partial charge on any atom is -0.513 e. The molecule has 0 aliphatic rings. The Morgan fingerprint density at radius 3 is 2.67 bits per heavy atom. The Labute approximate surface area is 54.8 Å². The van der Waals surface area contributed by atoms with E-state index in [-0.39, 0.29) is 18.6 Å². The van der Waals surface area contributed by atoms with Crippen molar-refractivity contribution in [1.29, 1.82) is 0 Å². The summed E-state index contributed by atoms with van der Waals surface area (Å²) in [7, 11) is 0. The Hall–Kier alpha value is -0.940. The Morgan fingerprint density at radius 2 is 2.33 bits per heavy atom. The monoisotopic (exact) mass is 126 g/mol. The van der Waals surface area contributed by atoms with E-state index in [1.54, 1.807) is 0 Å². The van der Waals surface area contributed by atoms with E-state index in [0.29, 0.717) is 0 Å². The highest BCUT2D eigenvalue weighted by Crippen LogP contribution is 2.01. The van der Waals surface area contributed by atoms with E-state index in [4.69, 9.17) is 16.6 Å². The average molecular weight is 126 g/mol. The van der Waals surface area contributed by atoms with Gasteiger partial charge in [0.15, 0.2) is 0 Å². The summed E-state index contributed by atoms with van der Waals surface area (Å²) in [6.07, 6.45) is 4.67. The highest BCUT2D eigenvalue weighted by Gasteiger charge is 2.01. The van der Waals surface area contributed by atoms with Crippen molar-refractivity contribution < 1.29 is 10.2 Å². The lowest BCUT2D eigenvalue weighted by molar-refractivity contribution is 0.164. The largest absolute Gasteiger partial charge is 0.513 e. The van der Waals surface area contributed by atoms with Crippen LogP contribution < -0.4 is 0 Å². The Kier molecular flexibility index (Phi) is 3.57. The van der Waals surface area contributed by atoms with Crippen molar-refractivity contribution in [3.8, 4) is 12.3 Å². The predicted molar refractivity (Wildman–Crippen MR) is 35.8 cm³/mol. The van der Waals surface area contributed by atoms with Crippen LogP contribution in [0.4, 0.5) is 0 Å². The van der Waals surface area contributed by atoms with Gasteiger partial charge in [0, 0.05) is 12.8 Å². The molecule has 0 heterocycles. The second-order valence-corrected chi connectivity index (χ2v) is 1.83. The molecular formula is C7H10O2. The topological polar surface area (TPSA) is 40.5 Å². The van der Waals surface area contributed by atoms with E-state index < -0.39 is 6.10 Å². The molecule has 0 saturated heterocycles. The van der Waals surface area contributed by atoms with Crippen LogP contribution in [0.15, 0.2) is 12.3 Å². The molecule has 50 valence electrons. The molecule has 0 saturated carbocycles. The zero-order valence-corrected chi connectivity index (χ0v) is 5.17. The average Bonchev–Trinajstić information content (AvgIpc) is 1.63. The van der Waals surface area contributed by atoms with Gasteiger partial charge in [0.25, 0.3) is 0 Å². The van der Waals surface area contributed by atoms with Crippen LogP contribution in [-0.2, 0) is 0 Å². The van der Waals surface area contributed by atoms with Crippen LogP contribution in [0.2, 0.25) is 0 Å². The van der Waals surface area contributed by atoms with Crippen molar-refractivity contribution in [2.45, 2.75) is 18.9 Å². The molecule has 0 rings (SSSR count). The predicted octanol–water partition coefficient (Wildman–Crippen LogP) is 0.832. The van der Waals surface area contributed by atoms with Crippen molar-refractivity contribution in [2.24, 2.45) is 0 Å². The molecule has 0 amide bonds. The third-order valence-electron chi connectivity index (χ3n) is 0.825. The highest BCUT2D eigenvalue weighted by atomic mass is 16.3. The molecule has 0 aromatic rings. The van der Waals surface area contributed by atoms with E-state index in [1.807, 2.05) is 0 Å². The summed E-state index contributed by atoms with van der Waals surface area (Å²) in [5.41, 5.74) is 0. The summed E-state index contributed by atoms with van der Waals surface area (Å²) in [5, 5.41) is 17.4. The fourth-order valence-corrected chi connectivity index (χ4v) is 0.480. The van der Waals surface area contributed by atoms with E-state index >= 15 is 0 Å². The van der Waals surface area contributed by atoms with Gasteiger partial charge in [-0.05, 0) is 0 Å². The second-order valence-electron chi connectivity index (χ2n) is 1.83. The van der Waals surface area contributed by atoms with Crippen LogP contribution in [-0.4, -0.2) is 16.3 Å². The van der Waals surface area contributed by atoms with Crippen LogP contribution in [0.3, 0.4) is 0 Å². The first kappa shape index (κ1) is 8.06. The summed E-state index contributed by atoms with van der Waals surface area (Å²) in [4.78, 5) is 0. The molecule has 0 bridgehead atoms. The van der Waals surface area contributed by atoms with Gasteiger partial charge in [-0.25, -0.2) is 0 Å². The summed E-state index contributed by atoms with van der Waals surface area (Å²) in [5.74, 6) is 2.24. The molecule has 0 aliphatic heterocycles. The normalized spacial score (nSPS) is 12.0. The minimum atomic E-state index is -0.646. The second kappa shape index (κ2) is 3.99. The number of hydrogen-bond donors (Lipinski definition) is 2. The van der Waals surface area contributed by atoms with Gasteiger partial charge in [-0.15, -0.1) is 12.3 Å². The Morgan fingerprint density at radius 1 is 1.78 bits per heavy atom. The van der Waals surface area contributed by atoms with Crippen molar-refractivity contribution in [3.05, 3.63) is 12.3 Å². The van der Waals surface area contributed by atoms with Crippen LogP contribution in [0.25, 0.3) is 0 Å². The molecule has 2 nitrogen and oxygen atoms in total. The molecule has 0 fully saturated rings. The first-order chi connectivity index (χ1) is 4.16. The molecule has 2 N–H and O–H groups in total. The van der Waals surface area contributed by atoms with E-state index in [1.165, 1.54) is 0 Å². The zero-order valence-electron chi connectivity index (χ0n) is 5.17. The van der Waals surface area contributed by atoms with Gasteiger partial charge in [0.2, 0.25) is 0 Å². The van der Waals surface area contributed by atoms with E-state index in [9.17, 15) is 0 Å². The molecule has 1 atom stereocenters. The van der Waals surface area contributed by atoms with Crippen molar-refractivity contribution in [1.82, 2.24) is 0 Å². The van der Waals surface area contributed by atoms with Crippen molar-refractivity contribution in [2.75, 3.05) is 0 Å². The molecule has 0 spiro atoms. The maximum atomic E-state index is 8.86. The molecule has 0 radical (unpaired) electrons. The van der Waals surface area contributed by atoms with Gasteiger partial charge < -0.3 is 10.2 Å². The summed E-state index contributed by atoms with van der Waals surface area (Å²) >= 11 is 0. The minimum absolute atomic E-state index is 0.0299. The van der Waals surface area contributed by atoms with E-state index in [0.717, 1.165) is 0 Å². The van der Waals surface area contributed by atoms with Gasteiger partial charge in [0.1, 0.15) is 0 Å². The molecular weight excluding hydrogens is 116 g/mol. The number of aliphatic hydroxyl groups is 2. The van der Waals surface area contributed by atoms with Gasteiger partial charge in [-0.1, -0.05) is 6.58 Å². The lowest BCUT2D eigenvalue weighted by Gasteiger charge is -2.03. The van der Waals surface area contributed by atoms with Gasteiger partial charge in [-0.2, -0.15) is 0 Å². The molecule has 0 aromatic carbocycles. The zero-order chi connectivity index (χ0) is 7.28. The highest BCUT2D eigenvalue weighted by molar-refractivity contribution is 4.91. The Bertz CT molecular complexity index is 132. The summed E-state index contributed by atoms with van der Waals surface area (Å²) in [6.45, 7) is 3.20. The van der Waals surface area contributed by atoms with Gasteiger partial charge in [0.05, 0.1) is 11.9 Å². The number of rotatable bonds is 3. The fraction of sp³-hybridized carbons (Fsp3) is 0.429. The van der Waals surface area contributed by atoms with Crippen molar-refractivity contribution >= 4 is 0 Å².